The molecular weight excluding hydrogens is 412 g/mol. The van der Waals surface area contributed by atoms with Crippen molar-refractivity contribution >= 4 is 18.1 Å². The number of hydrogen-bond acceptors (Lipinski definition) is 5. The molecule has 2 N–H and O–H groups in total. The summed E-state index contributed by atoms with van der Waals surface area (Å²) in [7, 11) is 2.06. The Hall–Kier alpha value is -2.81. The second-order valence-electron chi connectivity index (χ2n) is 8.87. The van der Waals surface area contributed by atoms with Crippen molar-refractivity contribution in [2.75, 3.05) is 13.6 Å². The average molecular weight is 447 g/mol. The highest BCUT2D eigenvalue weighted by atomic mass is 16.5. The van der Waals surface area contributed by atoms with E-state index in [9.17, 15) is 19.5 Å². The van der Waals surface area contributed by atoms with Gasteiger partial charge in [0.1, 0.15) is 12.6 Å². The van der Waals surface area contributed by atoms with Crippen molar-refractivity contribution < 1.29 is 24.2 Å². The smallest absolute Gasteiger partial charge is 0.426 e. The number of alkyl carbamates (subject to hydrolysis) is 1. The SMILES string of the molecule is CC(C)N(C)[C@@H]1CCCC(N(C(=O)O)N2CCC(NC(=O)OCc3ccccc3)C2=O)C1. The third kappa shape index (κ3) is 5.70. The molecule has 3 rings (SSSR count). The van der Waals surface area contributed by atoms with Gasteiger partial charge in [-0.15, -0.1) is 0 Å². The van der Waals surface area contributed by atoms with Crippen LogP contribution in [0, 0.1) is 0 Å². The van der Waals surface area contributed by atoms with Crippen molar-refractivity contribution in [1.82, 2.24) is 20.2 Å². The lowest BCUT2D eigenvalue weighted by Gasteiger charge is -2.43. The first kappa shape index (κ1) is 23.8. The van der Waals surface area contributed by atoms with Crippen molar-refractivity contribution in [3.63, 3.8) is 0 Å². The number of rotatable bonds is 7. The molecule has 1 aromatic rings. The monoisotopic (exact) mass is 446 g/mol. The Balaban J connectivity index is 1.59. The third-order valence-corrected chi connectivity index (χ3v) is 6.50. The molecule has 0 radical (unpaired) electrons. The molecule has 2 aliphatic rings. The van der Waals surface area contributed by atoms with E-state index < -0.39 is 24.1 Å². The summed E-state index contributed by atoms with van der Waals surface area (Å²) in [6.07, 6.45) is 1.84. The lowest BCUT2D eigenvalue weighted by molar-refractivity contribution is -0.146. The maximum absolute atomic E-state index is 13.0. The Morgan fingerprint density at radius 3 is 2.53 bits per heavy atom. The highest BCUT2D eigenvalue weighted by Gasteiger charge is 2.42. The first-order chi connectivity index (χ1) is 15.3. The van der Waals surface area contributed by atoms with Crippen molar-refractivity contribution in [3.05, 3.63) is 35.9 Å². The van der Waals surface area contributed by atoms with E-state index in [0.29, 0.717) is 18.9 Å². The summed E-state index contributed by atoms with van der Waals surface area (Å²) < 4.78 is 5.20. The first-order valence-corrected chi connectivity index (χ1v) is 11.3. The number of hydrogen-bond donors (Lipinski definition) is 2. The minimum atomic E-state index is -1.14. The summed E-state index contributed by atoms with van der Waals surface area (Å²) >= 11 is 0. The van der Waals surface area contributed by atoms with Crippen LogP contribution < -0.4 is 5.32 Å². The van der Waals surface area contributed by atoms with Crippen LogP contribution in [0.1, 0.15) is 51.5 Å². The zero-order valence-electron chi connectivity index (χ0n) is 19.1. The topological polar surface area (TPSA) is 102 Å². The average Bonchev–Trinajstić information content (AvgIpc) is 3.12. The molecule has 0 aromatic heterocycles. The van der Waals surface area contributed by atoms with Gasteiger partial charge in [-0.3, -0.25) is 4.79 Å². The summed E-state index contributed by atoms with van der Waals surface area (Å²) in [6, 6.07) is 8.84. The Labute approximate surface area is 189 Å². The van der Waals surface area contributed by atoms with Crippen LogP contribution in [-0.4, -0.2) is 75.9 Å². The molecule has 1 saturated carbocycles. The van der Waals surface area contributed by atoms with E-state index in [-0.39, 0.29) is 25.2 Å². The van der Waals surface area contributed by atoms with Crippen LogP contribution in [0.5, 0.6) is 0 Å². The molecule has 9 nitrogen and oxygen atoms in total. The first-order valence-electron chi connectivity index (χ1n) is 11.3. The van der Waals surface area contributed by atoms with Gasteiger partial charge in [0.25, 0.3) is 5.91 Å². The molecule has 176 valence electrons. The van der Waals surface area contributed by atoms with Gasteiger partial charge in [-0.05, 0) is 58.6 Å². The second-order valence-corrected chi connectivity index (χ2v) is 8.87. The lowest BCUT2D eigenvalue weighted by Crippen LogP contribution is -2.57. The number of carbonyl (C=O) groups excluding carboxylic acids is 2. The highest BCUT2D eigenvalue weighted by molar-refractivity contribution is 5.88. The fourth-order valence-electron chi connectivity index (χ4n) is 4.53. The van der Waals surface area contributed by atoms with Gasteiger partial charge in [-0.25, -0.2) is 19.6 Å². The summed E-state index contributed by atoms with van der Waals surface area (Å²) in [6.45, 7) is 4.59. The molecule has 9 heteroatoms. The molecule has 2 fully saturated rings. The lowest BCUT2D eigenvalue weighted by atomic mass is 9.89. The van der Waals surface area contributed by atoms with Gasteiger partial charge in [0.05, 0.1) is 6.04 Å². The van der Waals surface area contributed by atoms with Crippen molar-refractivity contribution in [1.29, 1.82) is 0 Å². The Morgan fingerprint density at radius 1 is 1.19 bits per heavy atom. The van der Waals surface area contributed by atoms with E-state index in [4.69, 9.17) is 4.74 Å². The van der Waals surface area contributed by atoms with Crippen molar-refractivity contribution in [2.45, 2.75) is 76.7 Å². The maximum Gasteiger partial charge on any atom is 0.426 e. The fraction of sp³-hybridized carbons (Fsp3) is 0.609. The molecule has 32 heavy (non-hydrogen) atoms. The Kier molecular flexibility index (Phi) is 7.95. The molecule has 1 aliphatic carbocycles. The molecule has 1 aromatic carbocycles. The van der Waals surface area contributed by atoms with Crippen LogP contribution in [0.2, 0.25) is 0 Å². The maximum atomic E-state index is 13.0. The van der Waals surface area contributed by atoms with E-state index in [0.717, 1.165) is 24.8 Å². The van der Waals surface area contributed by atoms with E-state index in [2.05, 4.69) is 31.1 Å². The van der Waals surface area contributed by atoms with Gasteiger partial charge in [0.15, 0.2) is 0 Å². The number of amides is 3. The molecular formula is C23H34N4O5. The number of ether oxygens (including phenoxy) is 1. The standard InChI is InChI=1S/C23H34N4O5/c1-16(2)25(3)18-10-7-11-19(14-18)27(23(30)31)26-13-12-20(21(26)28)24-22(29)32-15-17-8-5-4-6-9-17/h4-6,8-9,16,18-20H,7,10-15H2,1-3H3,(H,24,29)(H,30,31)/t18-,19?,20?/m1/s1. The van der Waals surface area contributed by atoms with E-state index in [1.54, 1.807) is 0 Å². The zero-order valence-corrected chi connectivity index (χ0v) is 19.1. The zero-order chi connectivity index (χ0) is 23.3. The number of carbonyl (C=O) groups is 3. The van der Waals surface area contributed by atoms with Gasteiger partial charge < -0.3 is 20.1 Å². The van der Waals surface area contributed by atoms with Gasteiger partial charge >= 0.3 is 12.2 Å². The fourth-order valence-corrected chi connectivity index (χ4v) is 4.53. The van der Waals surface area contributed by atoms with E-state index in [1.165, 1.54) is 10.0 Å². The number of carboxylic acid groups (broad SMARTS) is 1. The van der Waals surface area contributed by atoms with E-state index >= 15 is 0 Å². The predicted molar refractivity (Wildman–Crippen MR) is 119 cm³/mol. The summed E-state index contributed by atoms with van der Waals surface area (Å²) in [4.78, 5) is 39.5. The normalized spacial score (nSPS) is 23.5. The van der Waals surface area contributed by atoms with Crippen LogP contribution in [0.4, 0.5) is 9.59 Å². The Morgan fingerprint density at radius 2 is 1.88 bits per heavy atom. The number of nitrogens with zero attached hydrogens (tertiary/aromatic N) is 3. The Bertz CT molecular complexity index is 803. The number of hydrazine groups is 1. The molecule has 1 saturated heterocycles. The third-order valence-electron chi connectivity index (χ3n) is 6.50. The number of benzene rings is 1. The molecule has 0 spiro atoms. The van der Waals surface area contributed by atoms with Crippen molar-refractivity contribution in [2.24, 2.45) is 0 Å². The van der Waals surface area contributed by atoms with Crippen LogP contribution in [0.3, 0.4) is 0 Å². The van der Waals surface area contributed by atoms with Crippen LogP contribution in [0.25, 0.3) is 0 Å². The molecule has 1 aliphatic heterocycles. The summed E-state index contributed by atoms with van der Waals surface area (Å²) in [5, 5.41) is 15.0. The van der Waals surface area contributed by atoms with Gasteiger partial charge in [-0.2, -0.15) is 0 Å². The molecule has 2 unspecified atom stereocenters. The minimum Gasteiger partial charge on any atom is -0.464 e. The van der Waals surface area contributed by atoms with Crippen LogP contribution in [0.15, 0.2) is 30.3 Å². The second kappa shape index (κ2) is 10.7. The van der Waals surface area contributed by atoms with Gasteiger partial charge in [0.2, 0.25) is 0 Å². The minimum absolute atomic E-state index is 0.103. The highest BCUT2D eigenvalue weighted by Crippen LogP contribution is 2.29. The largest absolute Gasteiger partial charge is 0.464 e. The van der Waals surface area contributed by atoms with Crippen LogP contribution >= 0.6 is 0 Å². The van der Waals surface area contributed by atoms with E-state index in [1.807, 2.05) is 30.3 Å². The van der Waals surface area contributed by atoms with Crippen LogP contribution in [-0.2, 0) is 16.1 Å². The summed E-state index contributed by atoms with van der Waals surface area (Å²) in [5.41, 5.74) is 0.845. The molecule has 0 bridgehead atoms. The summed E-state index contributed by atoms with van der Waals surface area (Å²) in [5.74, 6) is -0.414. The molecule has 3 atom stereocenters. The molecule has 3 amide bonds. The quantitative estimate of drug-likeness (QED) is 0.667. The predicted octanol–water partition coefficient (Wildman–Crippen LogP) is 3.06. The number of nitrogens with one attached hydrogen (secondary N) is 1. The van der Waals surface area contributed by atoms with Gasteiger partial charge in [0, 0.05) is 18.6 Å². The van der Waals surface area contributed by atoms with Crippen molar-refractivity contribution in [3.8, 4) is 0 Å². The molecule has 1 heterocycles. The van der Waals surface area contributed by atoms with Gasteiger partial charge in [-0.1, -0.05) is 30.3 Å².